The lowest BCUT2D eigenvalue weighted by Gasteiger charge is -2.25. The maximum Gasteiger partial charge on any atom is 0.224 e. The lowest BCUT2D eigenvalue weighted by atomic mass is 10.2. The molecular weight excluding hydrogens is 374 g/mol. The number of nitrogens with zero attached hydrogens (tertiary/aromatic N) is 2. The number of halogens is 1. The summed E-state index contributed by atoms with van der Waals surface area (Å²) in [6, 6.07) is 19.8. The molecular formula is C22H30ClN3O2. The van der Waals surface area contributed by atoms with Gasteiger partial charge in [-0.1, -0.05) is 60.7 Å². The average Bonchev–Trinajstić information content (AvgIpc) is 2.69. The minimum atomic E-state index is -0.0248. The molecule has 2 amide bonds. The van der Waals surface area contributed by atoms with Crippen LogP contribution in [0.1, 0.15) is 30.9 Å². The Morgan fingerprint density at radius 2 is 1.32 bits per heavy atom. The normalized spacial score (nSPS) is 10.1. The SMILES string of the molecule is CC(=O)N(CCC(=O)N(CCCN)Cc1ccccc1)Cc1ccccc1.Cl. The molecule has 2 N–H and O–H groups in total. The van der Waals surface area contributed by atoms with Crippen molar-refractivity contribution in [1.82, 2.24) is 9.80 Å². The van der Waals surface area contributed by atoms with Gasteiger partial charge in [0.1, 0.15) is 0 Å². The minimum absolute atomic E-state index is 0. The fourth-order valence-electron chi connectivity index (χ4n) is 2.92. The first kappa shape index (κ1) is 23.7. The van der Waals surface area contributed by atoms with Gasteiger partial charge < -0.3 is 15.5 Å². The molecule has 2 rings (SSSR count). The maximum absolute atomic E-state index is 12.8. The van der Waals surface area contributed by atoms with Crippen molar-refractivity contribution in [3.8, 4) is 0 Å². The maximum atomic E-state index is 12.8. The summed E-state index contributed by atoms with van der Waals surface area (Å²) in [4.78, 5) is 28.3. The summed E-state index contributed by atoms with van der Waals surface area (Å²) in [5.74, 6) is 0.0230. The lowest BCUT2D eigenvalue weighted by Crippen LogP contribution is -2.36. The molecule has 0 saturated carbocycles. The molecule has 152 valence electrons. The Morgan fingerprint density at radius 1 is 0.821 bits per heavy atom. The molecule has 28 heavy (non-hydrogen) atoms. The number of rotatable bonds is 10. The molecule has 0 aliphatic carbocycles. The molecule has 0 atom stereocenters. The van der Waals surface area contributed by atoms with Gasteiger partial charge in [-0.05, 0) is 24.1 Å². The van der Waals surface area contributed by atoms with Crippen LogP contribution in [0, 0.1) is 0 Å². The summed E-state index contributed by atoms with van der Waals surface area (Å²) in [6.45, 7) is 4.22. The summed E-state index contributed by atoms with van der Waals surface area (Å²) < 4.78 is 0. The first-order valence-corrected chi connectivity index (χ1v) is 9.41. The van der Waals surface area contributed by atoms with Crippen LogP contribution in [-0.2, 0) is 22.7 Å². The monoisotopic (exact) mass is 403 g/mol. The fourth-order valence-corrected chi connectivity index (χ4v) is 2.92. The minimum Gasteiger partial charge on any atom is -0.338 e. The second-order valence-electron chi connectivity index (χ2n) is 6.62. The Morgan fingerprint density at radius 3 is 1.79 bits per heavy atom. The van der Waals surface area contributed by atoms with Gasteiger partial charge in [0.15, 0.2) is 0 Å². The molecule has 2 aromatic carbocycles. The number of carbonyl (C=O) groups is 2. The van der Waals surface area contributed by atoms with Crippen molar-refractivity contribution in [1.29, 1.82) is 0 Å². The smallest absolute Gasteiger partial charge is 0.224 e. The van der Waals surface area contributed by atoms with Crippen LogP contribution in [0.5, 0.6) is 0 Å². The fraction of sp³-hybridized carbons (Fsp3) is 0.364. The van der Waals surface area contributed by atoms with Crippen molar-refractivity contribution >= 4 is 24.2 Å². The van der Waals surface area contributed by atoms with E-state index in [0.717, 1.165) is 17.5 Å². The molecule has 6 heteroatoms. The van der Waals surface area contributed by atoms with Crippen molar-refractivity contribution in [2.45, 2.75) is 32.9 Å². The second kappa shape index (κ2) is 12.9. The molecule has 0 bridgehead atoms. The quantitative estimate of drug-likeness (QED) is 0.662. The molecule has 0 fully saturated rings. The number of hydrogen-bond donors (Lipinski definition) is 1. The van der Waals surface area contributed by atoms with Gasteiger partial charge in [-0.15, -0.1) is 12.4 Å². The summed E-state index contributed by atoms with van der Waals surface area (Å²) in [6.07, 6.45) is 1.07. The van der Waals surface area contributed by atoms with Crippen molar-refractivity contribution in [3.63, 3.8) is 0 Å². The average molecular weight is 404 g/mol. The van der Waals surface area contributed by atoms with Gasteiger partial charge in [0, 0.05) is 39.5 Å². The molecule has 0 radical (unpaired) electrons. The summed E-state index contributed by atoms with van der Waals surface area (Å²) in [5, 5.41) is 0. The zero-order valence-corrected chi connectivity index (χ0v) is 17.2. The van der Waals surface area contributed by atoms with E-state index in [-0.39, 0.29) is 24.2 Å². The first-order chi connectivity index (χ1) is 13.1. The van der Waals surface area contributed by atoms with E-state index < -0.39 is 0 Å². The van der Waals surface area contributed by atoms with Crippen LogP contribution >= 0.6 is 12.4 Å². The Hall–Kier alpha value is -2.37. The molecule has 0 saturated heterocycles. The third kappa shape index (κ3) is 8.11. The van der Waals surface area contributed by atoms with Gasteiger partial charge >= 0.3 is 0 Å². The van der Waals surface area contributed by atoms with E-state index in [1.165, 1.54) is 0 Å². The topological polar surface area (TPSA) is 66.6 Å². The summed E-state index contributed by atoms with van der Waals surface area (Å²) >= 11 is 0. The Labute approximate surface area is 173 Å². The molecule has 0 unspecified atom stereocenters. The number of hydrogen-bond acceptors (Lipinski definition) is 3. The molecule has 0 spiro atoms. The summed E-state index contributed by atoms with van der Waals surface area (Å²) in [7, 11) is 0. The van der Waals surface area contributed by atoms with E-state index in [0.29, 0.717) is 39.1 Å². The van der Waals surface area contributed by atoms with E-state index in [2.05, 4.69) is 0 Å². The van der Waals surface area contributed by atoms with Gasteiger partial charge in [-0.2, -0.15) is 0 Å². The number of nitrogens with two attached hydrogens (primary N) is 1. The van der Waals surface area contributed by atoms with Crippen LogP contribution in [-0.4, -0.2) is 41.2 Å². The first-order valence-electron chi connectivity index (χ1n) is 9.41. The van der Waals surface area contributed by atoms with Crippen LogP contribution in [0.3, 0.4) is 0 Å². The Balaban J connectivity index is 0.00000392. The van der Waals surface area contributed by atoms with Crippen molar-refractivity contribution < 1.29 is 9.59 Å². The van der Waals surface area contributed by atoms with Crippen LogP contribution in [0.15, 0.2) is 60.7 Å². The highest BCUT2D eigenvalue weighted by atomic mass is 35.5. The third-order valence-electron chi connectivity index (χ3n) is 4.46. The highest BCUT2D eigenvalue weighted by Crippen LogP contribution is 2.10. The van der Waals surface area contributed by atoms with E-state index in [9.17, 15) is 9.59 Å². The van der Waals surface area contributed by atoms with Gasteiger partial charge in [0.25, 0.3) is 0 Å². The number of carbonyl (C=O) groups excluding carboxylic acids is 2. The van der Waals surface area contributed by atoms with Crippen LogP contribution in [0.2, 0.25) is 0 Å². The van der Waals surface area contributed by atoms with Gasteiger partial charge in [0.2, 0.25) is 11.8 Å². The second-order valence-corrected chi connectivity index (χ2v) is 6.62. The van der Waals surface area contributed by atoms with E-state index >= 15 is 0 Å². The van der Waals surface area contributed by atoms with Crippen molar-refractivity contribution in [2.24, 2.45) is 5.73 Å². The van der Waals surface area contributed by atoms with Gasteiger partial charge in [0.05, 0.1) is 0 Å². The largest absolute Gasteiger partial charge is 0.338 e. The number of benzene rings is 2. The lowest BCUT2D eigenvalue weighted by molar-refractivity contribution is -0.134. The van der Waals surface area contributed by atoms with Crippen LogP contribution in [0.4, 0.5) is 0 Å². The molecule has 0 aliphatic heterocycles. The van der Waals surface area contributed by atoms with E-state index in [4.69, 9.17) is 5.73 Å². The Bertz CT molecular complexity index is 710. The molecule has 0 aliphatic rings. The van der Waals surface area contributed by atoms with Crippen molar-refractivity contribution in [3.05, 3.63) is 71.8 Å². The van der Waals surface area contributed by atoms with E-state index in [1.807, 2.05) is 65.6 Å². The molecule has 0 heterocycles. The van der Waals surface area contributed by atoms with Crippen LogP contribution < -0.4 is 5.73 Å². The van der Waals surface area contributed by atoms with Gasteiger partial charge in [-0.25, -0.2) is 0 Å². The zero-order valence-electron chi connectivity index (χ0n) is 16.4. The van der Waals surface area contributed by atoms with Crippen molar-refractivity contribution in [2.75, 3.05) is 19.6 Å². The predicted octanol–water partition coefficient (Wildman–Crippen LogP) is 3.22. The highest BCUT2D eigenvalue weighted by molar-refractivity contribution is 5.85. The standard InChI is InChI=1S/C22H29N3O2.ClH/c1-19(26)24(17-20-9-4-2-5-10-20)16-13-22(27)25(15-8-14-23)18-21-11-6-3-7-12-21;/h2-7,9-12H,8,13-18,23H2,1H3;1H. The van der Waals surface area contributed by atoms with Gasteiger partial charge in [-0.3, -0.25) is 9.59 Å². The Kier molecular flexibility index (Phi) is 10.9. The summed E-state index contributed by atoms with van der Waals surface area (Å²) in [5.41, 5.74) is 7.78. The molecule has 0 aromatic heterocycles. The molecule has 2 aromatic rings. The van der Waals surface area contributed by atoms with Crippen LogP contribution in [0.25, 0.3) is 0 Å². The highest BCUT2D eigenvalue weighted by Gasteiger charge is 2.17. The zero-order chi connectivity index (χ0) is 19.5. The van der Waals surface area contributed by atoms with E-state index in [1.54, 1.807) is 11.8 Å². The predicted molar refractivity (Wildman–Crippen MR) is 115 cm³/mol. The molecule has 5 nitrogen and oxygen atoms in total. The number of amides is 2. The third-order valence-corrected chi connectivity index (χ3v) is 4.46.